The van der Waals surface area contributed by atoms with Gasteiger partial charge in [-0.15, -0.1) is 0 Å². The highest BCUT2D eigenvalue weighted by molar-refractivity contribution is 8.18. The molecule has 4 aromatic carbocycles. The summed E-state index contributed by atoms with van der Waals surface area (Å²) in [4.78, 5) is 27.6. The monoisotopic (exact) mass is 465 g/mol. The quantitative estimate of drug-likeness (QED) is 0.285. The number of rotatable bonds is 7. The molecule has 34 heavy (non-hydrogen) atoms. The van der Waals surface area contributed by atoms with Crippen molar-refractivity contribution in [3.63, 3.8) is 0 Å². The lowest BCUT2D eigenvalue weighted by molar-refractivity contribution is -0.122. The number of imide groups is 1. The summed E-state index contributed by atoms with van der Waals surface area (Å²) in [5.41, 5.74) is 2.96. The maximum Gasteiger partial charge on any atom is 0.293 e. The average molecular weight is 466 g/mol. The van der Waals surface area contributed by atoms with Gasteiger partial charge in [-0.2, -0.15) is 0 Å². The van der Waals surface area contributed by atoms with Crippen LogP contribution >= 0.6 is 11.8 Å². The van der Waals surface area contributed by atoms with Crippen LogP contribution in [0.15, 0.2) is 102 Å². The van der Waals surface area contributed by atoms with E-state index < -0.39 is 0 Å². The van der Waals surface area contributed by atoms with Gasteiger partial charge in [0.2, 0.25) is 0 Å². The third-order valence-electron chi connectivity index (χ3n) is 5.78. The van der Waals surface area contributed by atoms with Gasteiger partial charge in [0.05, 0.1) is 4.91 Å². The molecule has 4 nitrogen and oxygen atoms in total. The Hall–Kier alpha value is -3.83. The number of thioether (sulfide) groups is 1. The molecular weight excluding hydrogens is 442 g/mol. The van der Waals surface area contributed by atoms with Crippen molar-refractivity contribution in [3.05, 3.63) is 119 Å². The smallest absolute Gasteiger partial charge is 0.293 e. The van der Waals surface area contributed by atoms with Crippen LogP contribution in [0.5, 0.6) is 5.75 Å². The summed E-state index contributed by atoms with van der Waals surface area (Å²) in [5.74, 6) is 0.423. The zero-order valence-electron chi connectivity index (χ0n) is 18.5. The van der Waals surface area contributed by atoms with E-state index in [-0.39, 0.29) is 11.1 Å². The average Bonchev–Trinajstić information content (AvgIpc) is 3.15. The topological polar surface area (TPSA) is 46.6 Å². The Morgan fingerprint density at radius 1 is 0.765 bits per heavy atom. The van der Waals surface area contributed by atoms with E-state index in [2.05, 4.69) is 0 Å². The highest BCUT2D eigenvalue weighted by Crippen LogP contribution is 2.37. The fourth-order valence-corrected chi connectivity index (χ4v) is 4.84. The normalized spacial score (nSPS) is 14.8. The van der Waals surface area contributed by atoms with Crippen molar-refractivity contribution >= 4 is 39.8 Å². The molecule has 0 N–H and O–H groups in total. The van der Waals surface area contributed by atoms with Crippen LogP contribution in [0.1, 0.15) is 16.7 Å². The number of amides is 2. The van der Waals surface area contributed by atoms with E-state index in [1.165, 1.54) is 4.90 Å². The SMILES string of the molecule is O=C1S/C(=C/c2c(OCc3ccccc3)ccc3ccccc23)C(=O)N1CCc1ccccc1. The number of carbonyl (C=O) groups is 2. The molecule has 0 spiro atoms. The van der Waals surface area contributed by atoms with Crippen molar-refractivity contribution in [2.24, 2.45) is 0 Å². The number of hydrogen-bond donors (Lipinski definition) is 0. The minimum atomic E-state index is -0.257. The van der Waals surface area contributed by atoms with E-state index in [1.807, 2.05) is 97.1 Å². The summed E-state index contributed by atoms with van der Waals surface area (Å²) in [7, 11) is 0. The predicted molar refractivity (Wildman–Crippen MR) is 138 cm³/mol. The molecule has 2 amide bonds. The van der Waals surface area contributed by atoms with Gasteiger partial charge in [-0.05, 0) is 52.2 Å². The van der Waals surface area contributed by atoms with Crippen molar-refractivity contribution < 1.29 is 14.3 Å². The number of carbonyl (C=O) groups excluding carboxylic acids is 2. The van der Waals surface area contributed by atoms with E-state index in [4.69, 9.17) is 4.74 Å². The number of hydrogen-bond acceptors (Lipinski definition) is 4. The predicted octanol–water partition coefficient (Wildman–Crippen LogP) is 6.70. The van der Waals surface area contributed by atoms with Crippen molar-refractivity contribution in [1.82, 2.24) is 4.90 Å². The van der Waals surface area contributed by atoms with Crippen LogP contribution in [0.3, 0.4) is 0 Å². The molecule has 5 heteroatoms. The first kappa shape index (κ1) is 22.0. The maximum absolute atomic E-state index is 13.1. The largest absolute Gasteiger partial charge is 0.488 e. The van der Waals surface area contributed by atoms with Gasteiger partial charge in [0, 0.05) is 12.1 Å². The van der Waals surface area contributed by atoms with Crippen molar-refractivity contribution in [1.29, 1.82) is 0 Å². The second-order valence-electron chi connectivity index (χ2n) is 8.04. The fourth-order valence-electron chi connectivity index (χ4n) is 4.00. The Morgan fingerprint density at radius 2 is 1.44 bits per heavy atom. The lowest BCUT2D eigenvalue weighted by Crippen LogP contribution is -2.30. The standard InChI is InChI=1S/C29H23NO3S/c31-28-27(34-29(32)30(28)18-17-21-9-3-1-4-10-21)19-25-24-14-8-7-13-23(24)15-16-26(25)33-20-22-11-5-2-6-12-22/h1-16,19H,17-18,20H2/b27-19+. The van der Waals surface area contributed by atoms with Gasteiger partial charge < -0.3 is 4.74 Å². The van der Waals surface area contributed by atoms with Gasteiger partial charge in [-0.3, -0.25) is 14.5 Å². The summed E-state index contributed by atoms with van der Waals surface area (Å²) in [5, 5.41) is 1.78. The number of fused-ring (bicyclic) bond motifs is 1. The molecule has 1 saturated heterocycles. The summed E-state index contributed by atoms with van der Waals surface area (Å²) < 4.78 is 6.17. The number of benzene rings is 4. The number of nitrogens with zero attached hydrogens (tertiary/aromatic N) is 1. The summed E-state index contributed by atoms with van der Waals surface area (Å²) in [6.45, 7) is 0.775. The molecule has 5 rings (SSSR count). The first-order valence-corrected chi connectivity index (χ1v) is 12.0. The van der Waals surface area contributed by atoms with Crippen LogP contribution in [-0.2, 0) is 17.8 Å². The molecule has 0 bridgehead atoms. The van der Waals surface area contributed by atoms with Crippen LogP contribution in [0, 0.1) is 0 Å². The van der Waals surface area contributed by atoms with E-state index in [0.717, 1.165) is 39.2 Å². The maximum atomic E-state index is 13.1. The highest BCUT2D eigenvalue weighted by atomic mass is 32.2. The second-order valence-corrected chi connectivity index (χ2v) is 9.03. The minimum absolute atomic E-state index is 0.237. The molecule has 0 aliphatic carbocycles. The lowest BCUT2D eigenvalue weighted by Gasteiger charge is -2.13. The van der Waals surface area contributed by atoms with Gasteiger partial charge in [-0.1, -0.05) is 91.0 Å². The third-order valence-corrected chi connectivity index (χ3v) is 6.69. The first-order valence-electron chi connectivity index (χ1n) is 11.2. The van der Waals surface area contributed by atoms with E-state index in [0.29, 0.717) is 30.2 Å². The van der Waals surface area contributed by atoms with Crippen molar-refractivity contribution in [2.45, 2.75) is 13.0 Å². The summed E-state index contributed by atoms with van der Waals surface area (Å²) in [6, 6.07) is 31.7. The van der Waals surface area contributed by atoms with Crippen LogP contribution in [0.4, 0.5) is 4.79 Å². The zero-order chi connectivity index (χ0) is 23.3. The minimum Gasteiger partial charge on any atom is -0.488 e. The second kappa shape index (κ2) is 9.98. The number of ether oxygens (including phenoxy) is 1. The molecule has 168 valence electrons. The van der Waals surface area contributed by atoms with Crippen LogP contribution in [-0.4, -0.2) is 22.6 Å². The fraction of sp³-hybridized carbons (Fsp3) is 0.103. The molecule has 1 aliphatic heterocycles. The molecule has 0 radical (unpaired) electrons. The van der Waals surface area contributed by atoms with Crippen molar-refractivity contribution in [2.75, 3.05) is 6.54 Å². The molecule has 1 aliphatic rings. The Labute approximate surface area is 202 Å². The Balaban J connectivity index is 1.44. The Morgan fingerprint density at radius 3 is 2.21 bits per heavy atom. The first-order chi connectivity index (χ1) is 16.7. The molecule has 1 heterocycles. The van der Waals surface area contributed by atoms with E-state index >= 15 is 0 Å². The molecular formula is C29H23NO3S. The van der Waals surface area contributed by atoms with Crippen LogP contribution < -0.4 is 4.74 Å². The summed E-state index contributed by atoms with van der Waals surface area (Å²) >= 11 is 0.986. The Bertz CT molecular complexity index is 1370. The van der Waals surface area contributed by atoms with Crippen molar-refractivity contribution in [3.8, 4) is 5.75 Å². The van der Waals surface area contributed by atoms with Crippen LogP contribution in [0.2, 0.25) is 0 Å². The van der Waals surface area contributed by atoms with Crippen LogP contribution in [0.25, 0.3) is 16.8 Å². The molecule has 0 saturated carbocycles. The Kier molecular flexibility index (Phi) is 6.45. The van der Waals surface area contributed by atoms with Gasteiger partial charge in [0.1, 0.15) is 12.4 Å². The van der Waals surface area contributed by atoms with Gasteiger partial charge in [0.15, 0.2) is 0 Å². The lowest BCUT2D eigenvalue weighted by atomic mass is 10.0. The molecule has 0 atom stereocenters. The molecule has 0 aromatic heterocycles. The molecule has 1 fully saturated rings. The third kappa shape index (κ3) is 4.75. The summed E-state index contributed by atoms with van der Waals surface area (Å²) in [6.07, 6.45) is 2.43. The van der Waals surface area contributed by atoms with E-state index in [1.54, 1.807) is 6.08 Å². The van der Waals surface area contributed by atoms with E-state index in [9.17, 15) is 9.59 Å². The molecule has 0 unspecified atom stereocenters. The highest BCUT2D eigenvalue weighted by Gasteiger charge is 2.35. The molecule has 4 aromatic rings. The van der Waals surface area contributed by atoms with Gasteiger partial charge in [0.25, 0.3) is 11.1 Å². The van der Waals surface area contributed by atoms with Gasteiger partial charge >= 0.3 is 0 Å². The zero-order valence-corrected chi connectivity index (χ0v) is 19.3. The van der Waals surface area contributed by atoms with Gasteiger partial charge in [-0.25, -0.2) is 0 Å².